The Balaban J connectivity index is 2.34. The van der Waals surface area contributed by atoms with E-state index in [2.05, 4.69) is 4.98 Å². The third-order valence-corrected chi connectivity index (χ3v) is 4.21. The van der Waals surface area contributed by atoms with Crippen LogP contribution in [-0.4, -0.2) is 40.7 Å². The summed E-state index contributed by atoms with van der Waals surface area (Å²) in [6.45, 7) is 1.79. The third-order valence-electron chi connectivity index (χ3n) is 2.51. The topological polar surface area (TPSA) is 72.2 Å². The molecule has 1 aromatic heterocycles. The number of aryl methyl sites for hydroxylation is 1. The second kappa shape index (κ2) is 3.06. The number of hydrogen-bond acceptors (Lipinski definition) is 4. The minimum Gasteiger partial charge on any atom is -0.390 e. The Hall–Kier alpha value is -0.880. The van der Waals surface area contributed by atoms with E-state index in [0.717, 1.165) is 5.82 Å². The van der Waals surface area contributed by atoms with Gasteiger partial charge in [0.25, 0.3) is 0 Å². The van der Waals surface area contributed by atoms with Crippen LogP contribution in [0.2, 0.25) is 0 Å². The number of rotatable bonds is 1. The molecule has 0 saturated carbocycles. The average Bonchev–Trinajstić information content (AvgIpc) is 2.55. The van der Waals surface area contributed by atoms with Gasteiger partial charge in [-0.3, -0.25) is 0 Å². The summed E-state index contributed by atoms with van der Waals surface area (Å²) in [5.74, 6) is 0.590. The van der Waals surface area contributed by atoms with Gasteiger partial charge in [-0.15, -0.1) is 0 Å². The second-order valence-corrected chi connectivity index (χ2v) is 5.75. The van der Waals surface area contributed by atoms with E-state index in [9.17, 15) is 13.5 Å². The lowest BCUT2D eigenvalue weighted by Gasteiger charge is -2.15. The number of aliphatic hydroxyl groups is 1. The van der Waals surface area contributed by atoms with Crippen LogP contribution >= 0.6 is 0 Å². The lowest BCUT2D eigenvalue weighted by atomic mass is 10.2. The molecule has 6 heteroatoms. The van der Waals surface area contributed by atoms with Crippen molar-refractivity contribution in [3.63, 3.8) is 0 Å². The molecule has 2 heterocycles. The van der Waals surface area contributed by atoms with Crippen LogP contribution < -0.4 is 0 Å². The van der Waals surface area contributed by atoms with Crippen LogP contribution in [0.5, 0.6) is 0 Å². The Kier molecular flexibility index (Phi) is 2.11. The molecule has 0 aliphatic carbocycles. The Morgan fingerprint density at radius 3 is 2.71 bits per heavy atom. The number of sulfone groups is 1. The number of nitrogens with zero attached hydrogens (tertiary/aromatic N) is 2. The highest BCUT2D eigenvalue weighted by Crippen LogP contribution is 2.24. The van der Waals surface area contributed by atoms with Crippen molar-refractivity contribution in [3.8, 4) is 0 Å². The predicted molar refractivity (Wildman–Crippen MR) is 50.7 cm³/mol. The van der Waals surface area contributed by atoms with Crippen LogP contribution in [0, 0.1) is 6.92 Å². The lowest BCUT2D eigenvalue weighted by Crippen LogP contribution is -2.22. The molecule has 2 unspecified atom stereocenters. The van der Waals surface area contributed by atoms with E-state index in [1.807, 2.05) is 0 Å². The highest BCUT2D eigenvalue weighted by atomic mass is 32.2. The van der Waals surface area contributed by atoms with Crippen molar-refractivity contribution in [1.82, 2.24) is 9.55 Å². The van der Waals surface area contributed by atoms with Gasteiger partial charge in [0.1, 0.15) is 5.82 Å². The smallest absolute Gasteiger partial charge is 0.155 e. The third kappa shape index (κ3) is 1.55. The first kappa shape index (κ1) is 9.67. The highest BCUT2D eigenvalue weighted by molar-refractivity contribution is 7.91. The molecule has 1 aromatic rings. The second-order valence-electron chi connectivity index (χ2n) is 3.59. The van der Waals surface area contributed by atoms with Crippen molar-refractivity contribution in [1.29, 1.82) is 0 Å². The number of hydrogen-bond donors (Lipinski definition) is 1. The quantitative estimate of drug-likeness (QED) is 0.688. The van der Waals surface area contributed by atoms with E-state index in [0.29, 0.717) is 0 Å². The SMILES string of the molecule is Cc1nccn1C1CS(=O)(=O)CC1O. The maximum absolute atomic E-state index is 11.3. The number of aromatic nitrogens is 2. The number of aliphatic hydroxyl groups excluding tert-OH is 1. The molecule has 0 amide bonds. The first-order chi connectivity index (χ1) is 6.49. The summed E-state index contributed by atoms with van der Waals surface area (Å²) in [5, 5.41) is 9.59. The molecule has 1 N–H and O–H groups in total. The van der Waals surface area contributed by atoms with Gasteiger partial charge in [-0.25, -0.2) is 13.4 Å². The van der Waals surface area contributed by atoms with Crippen molar-refractivity contribution < 1.29 is 13.5 Å². The van der Waals surface area contributed by atoms with Crippen LogP contribution in [0.1, 0.15) is 11.9 Å². The molecule has 0 spiro atoms. The monoisotopic (exact) mass is 216 g/mol. The van der Waals surface area contributed by atoms with Gasteiger partial charge in [-0.2, -0.15) is 0 Å². The molecule has 1 aliphatic heterocycles. The van der Waals surface area contributed by atoms with Gasteiger partial charge < -0.3 is 9.67 Å². The van der Waals surface area contributed by atoms with E-state index in [1.165, 1.54) is 0 Å². The van der Waals surface area contributed by atoms with Gasteiger partial charge in [-0.1, -0.05) is 0 Å². The van der Waals surface area contributed by atoms with Gasteiger partial charge in [0, 0.05) is 12.4 Å². The van der Waals surface area contributed by atoms with Crippen LogP contribution in [0.3, 0.4) is 0 Å². The predicted octanol–water partition coefficient (Wildman–Crippen LogP) is -0.478. The lowest BCUT2D eigenvalue weighted by molar-refractivity contribution is 0.152. The first-order valence-electron chi connectivity index (χ1n) is 4.37. The average molecular weight is 216 g/mol. The molecule has 14 heavy (non-hydrogen) atoms. The molecule has 0 aromatic carbocycles. The minimum absolute atomic E-state index is 0.00532. The molecule has 5 nitrogen and oxygen atoms in total. The fourth-order valence-corrected chi connectivity index (χ4v) is 3.60. The van der Waals surface area contributed by atoms with E-state index in [1.54, 1.807) is 23.9 Å². The molecule has 0 bridgehead atoms. The van der Waals surface area contributed by atoms with E-state index in [-0.39, 0.29) is 17.5 Å². The van der Waals surface area contributed by atoms with Crippen molar-refractivity contribution in [2.45, 2.75) is 19.1 Å². The Labute approximate surface area is 82.3 Å². The molecular formula is C8H12N2O3S. The molecule has 1 aliphatic rings. The summed E-state index contributed by atoms with van der Waals surface area (Å²) in [7, 11) is -3.09. The molecule has 1 saturated heterocycles. The van der Waals surface area contributed by atoms with Gasteiger partial charge in [0.05, 0.1) is 23.7 Å². The molecule has 1 fully saturated rings. The van der Waals surface area contributed by atoms with Crippen LogP contribution in [-0.2, 0) is 9.84 Å². The van der Waals surface area contributed by atoms with Crippen LogP contribution in [0.25, 0.3) is 0 Å². The fraction of sp³-hybridized carbons (Fsp3) is 0.625. The molecule has 78 valence electrons. The van der Waals surface area contributed by atoms with Crippen molar-refractivity contribution >= 4 is 9.84 Å². The van der Waals surface area contributed by atoms with Crippen molar-refractivity contribution in [2.24, 2.45) is 0 Å². The summed E-state index contributed by atoms with van der Waals surface area (Å²) >= 11 is 0. The zero-order chi connectivity index (χ0) is 10.3. The Morgan fingerprint density at radius 2 is 2.29 bits per heavy atom. The fourth-order valence-electron chi connectivity index (χ4n) is 1.81. The summed E-state index contributed by atoms with van der Waals surface area (Å²) in [5.41, 5.74) is 0. The van der Waals surface area contributed by atoms with Gasteiger partial charge in [0.2, 0.25) is 0 Å². The van der Waals surface area contributed by atoms with Crippen LogP contribution in [0.4, 0.5) is 0 Å². The first-order valence-corrected chi connectivity index (χ1v) is 6.20. The van der Waals surface area contributed by atoms with E-state index < -0.39 is 15.9 Å². The van der Waals surface area contributed by atoms with Crippen LogP contribution in [0.15, 0.2) is 12.4 Å². The normalized spacial score (nSPS) is 30.7. The van der Waals surface area contributed by atoms with Crippen molar-refractivity contribution in [3.05, 3.63) is 18.2 Å². The maximum Gasteiger partial charge on any atom is 0.155 e. The highest BCUT2D eigenvalue weighted by Gasteiger charge is 2.37. The molecular weight excluding hydrogens is 204 g/mol. The molecule has 2 atom stereocenters. The molecule has 0 radical (unpaired) electrons. The standard InChI is InChI=1S/C8H12N2O3S/c1-6-9-2-3-10(6)7-4-14(12,13)5-8(7)11/h2-3,7-8,11H,4-5H2,1H3. The Bertz CT molecular complexity index is 437. The zero-order valence-corrected chi connectivity index (χ0v) is 8.61. The largest absolute Gasteiger partial charge is 0.390 e. The van der Waals surface area contributed by atoms with Crippen molar-refractivity contribution in [2.75, 3.05) is 11.5 Å². The van der Waals surface area contributed by atoms with Gasteiger partial charge >= 0.3 is 0 Å². The summed E-state index contributed by atoms with van der Waals surface area (Å²) in [6.07, 6.45) is 2.49. The number of imidazole rings is 1. The summed E-state index contributed by atoms with van der Waals surface area (Å²) in [4.78, 5) is 4.00. The van der Waals surface area contributed by atoms with Gasteiger partial charge in [0.15, 0.2) is 9.84 Å². The Morgan fingerprint density at radius 1 is 1.57 bits per heavy atom. The van der Waals surface area contributed by atoms with E-state index in [4.69, 9.17) is 0 Å². The summed E-state index contributed by atoms with van der Waals surface area (Å²) < 4.78 is 24.2. The minimum atomic E-state index is -3.09. The summed E-state index contributed by atoms with van der Waals surface area (Å²) in [6, 6.07) is -0.373. The zero-order valence-electron chi connectivity index (χ0n) is 7.79. The van der Waals surface area contributed by atoms with E-state index >= 15 is 0 Å². The maximum atomic E-state index is 11.3. The molecule has 2 rings (SSSR count). The van der Waals surface area contributed by atoms with Gasteiger partial charge in [-0.05, 0) is 6.92 Å².